The number of anilines is 2. The minimum Gasteiger partial charge on any atom is -0.462 e. The molecule has 1 atom stereocenters. The van der Waals surface area contributed by atoms with Crippen LogP contribution in [0.25, 0.3) is 10.8 Å². The van der Waals surface area contributed by atoms with Gasteiger partial charge >= 0.3 is 6.01 Å². The molecule has 0 aliphatic carbocycles. The van der Waals surface area contributed by atoms with Gasteiger partial charge in [0.1, 0.15) is 12.4 Å². The van der Waals surface area contributed by atoms with Crippen LogP contribution in [0.15, 0.2) is 36.4 Å². The summed E-state index contributed by atoms with van der Waals surface area (Å²) < 4.78 is 6.06. The van der Waals surface area contributed by atoms with Gasteiger partial charge in [-0.2, -0.15) is 15.2 Å². The zero-order chi connectivity index (χ0) is 25.1. The van der Waals surface area contributed by atoms with Crippen LogP contribution in [-0.4, -0.2) is 61.7 Å². The van der Waals surface area contributed by atoms with Crippen molar-refractivity contribution in [1.82, 2.24) is 14.9 Å². The van der Waals surface area contributed by atoms with E-state index in [1.807, 2.05) is 14.1 Å². The quantitative estimate of drug-likeness (QED) is 0.486. The molecule has 0 saturated carbocycles. The molecule has 188 valence electrons. The smallest absolute Gasteiger partial charge is 0.318 e. The standard InChI is InChI=1S/C29H36N6O/c1-21-17-23-8-4-5-9-24(23)27(18-21)34-14-11-25-26(20-34)31-29(36-16-15-33(2)3)32-28(25)35-13-6-7-22(19-35)10-12-30/h4-5,8-9,17-18,22H,6-7,10-11,13-16,19-20H2,1-3H3. The number of nitriles is 1. The number of rotatable bonds is 7. The van der Waals surface area contributed by atoms with E-state index in [1.54, 1.807) is 0 Å². The number of ether oxygens (including phenoxy) is 1. The SMILES string of the molecule is Cc1cc(N2CCc3c(nc(OCCN(C)C)nc3N3CCCC(CC#N)C3)C2)c2ccccc2c1. The highest BCUT2D eigenvalue weighted by Crippen LogP contribution is 2.36. The Balaban J connectivity index is 1.49. The van der Waals surface area contributed by atoms with E-state index in [4.69, 9.17) is 14.7 Å². The van der Waals surface area contributed by atoms with Crippen LogP contribution in [0.5, 0.6) is 6.01 Å². The molecule has 0 amide bonds. The molecule has 7 nitrogen and oxygen atoms in total. The lowest BCUT2D eigenvalue weighted by Crippen LogP contribution is -2.39. The summed E-state index contributed by atoms with van der Waals surface area (Å²) >= 11 is 0. The second kappa shape index (κ2) is 10.7. The summed E-state index contributed by atoms with van der Waals surface area (Å²) in [6.07, 6.45) is 3.69. The predicted molar refractivity (Wildman–Crippen MR) is 145 cm³/mol. The van der Waals surface area contributed by atoms with Gasteiger partial charge in [0, 0.05) is 49.2 Å². The Kier molecular flexibility index (Phi) is 7.24. The van der Waals surface area contributed by atoms with Crippen molar-refractivity contribution in [3.05, 3.63) is 53.2 Å². The van der Waals surface area contributed by atoms with E-state index in [0.717, 1.165) is 63.5 Å². The number of hydrogen-bond acceptors (Lipinski definition) is 7. The number of aryl methyl sites for hydroxylation is 1. The second-order valence-electron chi connectivity index (χ2n) is 10.4. The van der Waals surface area contributed by atoms with Crippen molar-refractivity contribution in [1.29, 1.82) is 5.26 Å². The molecule has 2 aliphatic rings. The number of piperidine rings is 1. The molecule has 3 heterocycles. The monoisotopic (exact) mass is 484 g/mol. The Labute approximate surface area is 214 Å². The minimum atomic E-state index is 0.395. The maximum atomic E-state index is 9.26. The van der Waals surface area contributed by atoms with Crippen molar-refractivity contribution >= 4 is 22.3 Å². The summed E-state index contributed by atoms with van der Waals surface area (Å²) in [6.45, 7) is 7.03. The molecule has 1 fully saturated rings. The van der Waals surface area contributed by atoms with Crippen LogP contribution < -0.4 is 14.5 Å². The Morgan fingerprint density at radius 2 is 2.00 bits per heavy atom. The number of fused-ring (bicyclic) bond motifs is 2. The molecule has 5 rings (SSSR count). The lowest BCUT2D eigenvalue weighted by molar-refractivity contribution is 0.244. The topological polar surface area (TPSA) is 68.5 Å². The van der Waals surface area contributed by atoms with Gasteiger partial charge in [-0.05, 0) is 63.2 Å². The third kappa shape index (κ3) is 5.24. The summed E-state index contributed by atoms with van der Waals surface area (Å²) in [6, 6.07) is 16.0. The molecule has 1 unspecified atom stereocenters. The molecule has 36 heavy (non-hydrogen) atoms. The van der Waals surface area contributed by atoms with Crippen LogP contribution in [0, 0.1) is 24.2 Å². The Bertz CT molecular complexity index is 1270. The molecule has 2 aromatic carbocycles. The number of aromatic nitrogens is 2. The molecule has 0 bridgehead atoms. The van der Waals surface area contributed by atoms with Crippen molar-refractivity contribution < 1.29 is 4.74 Å². The number of likely N-dealkylation sites (N-methyl/N-ethyl adjacent to an activating group) is 1. The molecular formula is C29H36N6O. The van der Waals surface area contributed by atoms with E-state index in [2.05, 4.69) is 64.1 Å². The van der Waals surface area contributed by atoms with Crippen LogP contribution in [0.1, 0.15) is 36.1 Å². The van der Waals surface area contributed by atoms with Gasteiger partial charge in [-0.15, -0.1) is 0 Å². The van der Waals surface area contributed by atoms with Crippen molar-refractivity contribution in [2.45, 2.75) is 39.2 Å². The zero-order valence-corrected chi connectivity index (χ0v) is 21.7. The van der Waals surface area contributed by atoms with Crippen LogP contribution >= 0.6 is 0 Å². The van der Waals surface area contributed by atoms with Gasteiger partial charge in [0.25, 0.3) is 0 Å². The Morgan fingerprint density at radius 1 is 1.14 bits per heavy atom. The third-order valence-corrected chi connectivity index (χ3v) is 7.32. The van der Waals surface area contributed by atoms with Gasteiger partial charge in [0.2, 0.25) is 0 Å². The molecule has 0 spiro atoms. The highest BCUT2D eigenvalue weighted by molar-refractivity contribution is 5.95. The fourth-order valence-electron chi connectivity index (χ4n) is 5.49. The Hall–Kier alpha value is -3.37. The van der Waals surface area contributed by atoms with Crippen LogP contribution in [0.2, 0.25) is 0 Å². The van der Waals surface area contributed by atoms with Crippen molar-refractivity contribution in [2.24, 2.45) is 5.92 Å². The molecule has 0 N–H and O–H groups in total. The van der Waals surface area contributed by atoms with Gasteiger partial charge in [-0.3, -0.25) is 0 Å². The first-order valence-electron chi connectivity index (χ1n) is 13.1. The van der Waals surface area contributed by atoms with Crippen LogP contribution in [-0.2, 0) is 13.0 Å². The minimum absolute atomic E-state index is 0.395. The highest BCUT2D eigenvalue weighted by atomic mass is 16.5. The first-order chi connectivity index (χ1) is 17.5. The normalized spacial score (nSPS) is 17.8. The number of nitrogens with zero attached hydrogens (tertiary/aromatic N) is 6. The molecule has 7 heteroatoms. The van der Waals surface area contributed by atoms with E-state index in [1.165, 1.54) is 27.6 Å². The fourth-order valence-corrected chi connectivity index (χ4v) is 5.49. The Morgan fingerprint density at radius 3 is 2.83 bits per heavy atom. The van der Waals surface area contributed by atoms with E-state index < -0.39 is 0 Å². The summed E-state index contributed by atoms with van der Waals surface area (Å²) in [4.78, 5) is 16.8. The number of hydrogen-bond donors (Lipinski definition) is 0. The van der Waals surface area contributed by atoms with E-state index in [9.17, 15) is 5.26 Å². The third-order valence-electron chi connectivity index (χ3n) is 7.32. The van der Waals surface area contributed by atoms with E-state index in [-0.39, 0.29) is 0 Å². The second-order valence-corrected chi connectivity index (χ2v) is 10.4. The van der Waals surface area contributed by atoms with Gasteiger partial charge in [-0.25, -0.2) is 0 Å². The predicted octanol–water partition coefficient (Wildman–Crippen LogP) is 4.57. The highest BCUT2D eigenvalue weighted by Gasteiger charge is 2.29. The van der Waals surface area contributed by atoms with Gasteiger partial charge in [0.15, 0.2) is 0 Å². The first kappa shape index (κ1) is 24.3. The van der Waals surface area contributed by atoms with Gasteiger partial charge in [0.05, 0.1) is 18.3 Å². The van der Waals surface area contributed by atoms with Crippen molar-refractivity contribution in [2.75, 3.05) is 56.7 Å². The average Bonchev–Trinajstić information content (AvgIpc) is 2.87. The maximum Gasteiger partial charge on any atom is 0.318 e. The molecule has 1 aromatic heterocycles. The van der Waals surface area contributed by atoms with Gasteiger partial charge < -0.3 is 19.4 Å². The summed E-state index contributed by atoms with van der Waals surface area (Å²) in [5.74, 6) is 1.41. The van der Waals surface area contributed by atoms with Crippen LogP contribution in [0.4, 0.5) is 11.5 Å². The van der Waals surface area contributed by atoms with Crippen molar-refractivity contribution in [3.8, 4) is 12.1 Å². The molecule has 0 radical (unpaired) electrons. The first-order valence-corrected chi connectivity index (χ1v) is 13.1. The fraction of sp³-hybridized carbons (Fsp3) is 0.483. The molecule has 1 saturated heterocycles. The van der Waals surface area contributed by atoms with E-state index >= 15 is 0 Å². The molecule has 2 aliphatic heterocycles. The van der Waals surface area contributed by atoms with E-state index in [0.29, 0.717) is 25.0 Å². The lowest BCUT2D eigenvalue weighted by atomic mass is 9.94. The van der Waals surface area contributed by atoms with Gasteiger partial charge in [-0.1, -0.05) is 30.3 Å². The molecular weight excluding hydrogens is 448 g/mol. The summed E-state index contributed by atoms with van der Waals surface area (Å²) in [5, 5.41) is 11.8. The van der Waals surface area contributed by atoms with Crippen molar-refractivity contribution in [3.63, 3.8) is 0 Å². The lowest BCUT2D eigenvalue weighted by Gasteiger charge is -2.37. The summed E-state index contributed by atoms with van der Waals surface area (Å²) in [7, 11) is 4.07. The molecule has 3 aromatic rings. The zero-order valence-electron chi connectivity index (χ0n) is 21.7. The summed E-state index contributed by atoms with van der Waals surface area (Å²) in [5.41, 5.74) is 4.82. The maximum absolute atomic E-state index is 9.26. The average molecular weight is 485 g/mol. The van der Waals surface area contributed by atoms with Crippen LogP contribution in [0.3, 0.4) is 0 Å². The number of benzene rings is 2. The largest absolute Gasteiger partial charge is 0.462 e.